The molecule has 3 nitrogen and oxygen atoms in total. The number of aromatic hydroxyl groups is 2. The maximum Gasteiger partial charge on any atom is 0.177 e. The number of rotatable bonds is 1. The van der Waals surface area contributed by atoms with Gasteiger partial charge in [-0.3, -0.25) is 0 Å². The molecule has 0 saturated carbocycles. The van der Waals surface area contributed by atoms with E-state index in [1.165, 1.54) is 0 Å². The molecule has 2 aromatic rings. The first-order valence-corrected chi connectivity index (χ1v) is 5.36. The quantitative estimate of drug-likeness (QED) is 0.570. The van der Waals surface area contributed by atoms with Crippen LogP contribution in [0.15, 0.2) is 24.5 Å². The van der Waals surface area contributed by atoms with E-state index in [4.69, 9.17) is 0 Å². The largest absolute Gasteiger partial charge is 0.504 e. The van der Waals surface area contributed by atoms with Gasteiger partial charge in [0.15, 0.2) is 29.9 Å². The number of phenolic OH excluding ortho intramolecular Hbond substituents is 2. The Morgan fingerprint density at radius 2 is 1.94 bits per heavy atom. The highest BCUT2D eigenvalue weighted by molar-refractivity contribution is 5.88. The van der Waals surface area contributed by atoms with E-state index in [2.05, 4.69) is 18.4 Å². The summed E-state index contributed by atoms with van der Waals surface area (Å²) in [5.74, 6) is -0.0960. The van der Waals surface area contributed by atoms with Gasteiger partial charge in [0.1, 0.15) is 0 Å². The van der Waals surface area contributed by atoms with Gasteiger partial charge in [0, 0.05) is 11.6 Å². The summed E-state index contributed by atoms with van der Waals surface area (Å²) < 4.78 is 2.08. The van der Waals surface area contributed by atoms with Crippen LogP contribution in [0.5, 0.6) is 11.5 Å². The zero-order chi connectivity index (χ0) is 11.9. The number of fused-ring (bicyclic) bond motifs is 1. The van der Waals surface area contributed by atoms with Gasteiger partial charge in [-0.15, -0.1) is 0 Å². The van der Waals surface area contributed by atoms with Crippen LogP contribution >= 0.6 is 0 Å². The topological polar surface area (TPSA) is 44.3 Å². The van der Waals surface area contributed by atoms with Crippen LogP contribution in [0.25, 0.3) is 10.8 Å². The molecule has 2 N–H and O–H groups in total. The van der Waals surface area contributed by atoms with Crippen LogP contribution in [0.4, 0.5) is 0 Å². The van der Waals surface area contributed by atoms with E-state index >= 15 is 0 Å². The number of pyridine rings is 1. The number of hydrogen-bond donors (Lipinski definition) is 2. The van der Waals surface area contributed by atoms with Gasteiger partial charge in [-0.1, -0.05) is 0 Å². The molecule has 0 spiro atoms. The Kier molecular flexibility index (Phi) is 2.46. The van der Waals surface area contributed by atoms with E-state index in [1.54, 1.807) is 6.07 Å². The molecular formula is C13H16NO2+. The molecule has 0 atom stereocenters. The van der Waals surface area contributed by atoms with Crippen molar-refractivity contribution in [2.45, 2.75) is 26.8 Å². The van der Waals surface area contributed by atoms with Crippen molar-refractivity contribution in [3.05, 3.63) is 30.1 Å². The van der Waals surface area contributed by atoms with E-state index in [9.17, 15) is 10.2 Å². The van der Waals surface area contributed by atoms with Gasteiger partial charge in [-0.2, -0.15) is 0 Å². The summed E-state index contributed by atoms with van der Waals surface area (Å²) in [6.45, 7) is 6.00. The fourth-order valence-electron chi connectivity index (χ4n) is 1.82. The summed E-state index contributed by atoms with van der Waals surface area (Å²) in [6, 6.07) is 3.91. The Balaban J connectivity index is 2.78. The average molecular weight is 218 g/mol. The molecule has 0 radical (unpaired) electrons. The monoisotopic (exact) mass is 218 g/mol. The Bertz CT molecular complexity index is 547. The fraction of sp³-hybridized carbons (Fsp3) is 0.308. The lowest BCUT2D eigenvalue weighted by molar-refractivity contribution is -0.715. The molecule has 0 amide bonds. The van der Waals surface area contributed by atoms with Crippen molar-refractivity contribution in [2.24, 2.45) is 0 Å². The number of benzene rings is 1. The van der Waals surface area contributed by atoms with Gasteiger partial charge in [-0.25, -0.2) is 4.57 Å². The zero-order valence-corrected chi connectivity index (χ0v) is 9.73. The van der Waals surface area contributed by atoms with E-state index in [0.717, 1.165) is 10.8 Å². The Morgan fingerprint density at radius 1 is 1.25 bits per heavy atom. The molecule has 0 fully saturated rings. The van der Waals surface area contributed by atoms with Crippen LogP contribution in [0.3, 0.4) is 0 Å². The summed E-state index contributed by atoms with van der Waals surface area (Å²) in [5.41, 5.74) is 0.713. The summed E-state index contributed by atoms with van der Waals surface area (Å²) in [5, 5.41) is 21.1. The molecule has 0 aliphatic carbocycles. The van der Waals surface area contributed by atoms with E-state index in [-0.39, 0.29) is 11.5 Å². The molecule has 1 heterocycles. The van der Waals surface area contributed by atoms with Gasteiger partial charge in [0.2, 0.25) is 0 Å². The SMILES string of the molecule is Cc1c(O)c(O)cc2cc[n+](C(C)C)cc12. The molecule has 0 unspecified atom stereocenters. The number of aromatic nitrogens is 1. The summed E-state index contributed by atoms with van der Waals surface area (Å²) in [7, 11) is 0. The van der Waals surface area contributed by atoms with Crippen molar-refractivity contribution in [1.82, 2.24) is 0 Å². The predicted octanol–water partition coefficient (Wildman–Crippen LogP) is 2.43. The minimum Gasteiger partial charge on any atom is -0.504 e. The first-order valence-electron chi connectivity index (χ1n) is 5.36. The van der Waals surface area contributed by atoms with Crippen LogP contribution in [-0.2, 0) is 0 Å². The normalized spacial score (nSPS) is 11.2. The van der Waals surface area contributed by atoms with E-state index < -0.39 is 0 Å². The van der Waals surface area contributed by atoms with E-state index in [1.807, 2.05) is 25.4 Å². The molecule has 16 heavy (non-hydrogen) atoms. The smallest absolute Gasteiger partial charge is 0.177 e. The van der Waals surface area contributed by atoms with Crippen LogP contribution in [0, 0.1) is 6.92 Å². The van der Waals surface area contributed by atoms with Crippen LogP contribution in [0.2, 0.25) is 0 Å². The molecule has 84 valence electrons. The van der Waals surface area contributed by atoms with Crippen molar-refractivity contribution >= 4 is 10.8 Å². The maximum absolute atomic E-state index is 9.67. The minimum absolute atomic E-state index is 0.0333. The third kappa shape index (κ3) is 1.58. The summed E-state index contributed by atoms with van der Waals surface area (Å²) >= 11 is 0. The highest BCUT2D eigenvalue weighted by Gasteiger charge is 2.13. The first kappa shape index (κ1) is 10.7. The highest BCUT2D eigenvalue weighted by Crippen LogP contribution is 2.34. The predicted molar refractivity (Wildman–Crippen MR) is 62.6 cm³/mol. The molecule has 1 aromatic carbocycles. The third-order valence-electron chi connectivity index (χ3n) is 2.91. The molecule has 1 aromatic heterocycles. The minimum atomic E-state index is -0.0627. The second-order valence-corrected chi connectivity index (χ2v) is 4.36. The number of aryl methyl sites for hydroxylation is 1. The third-order valence-corrected chi connectivity index (χ3v) is 2.91. The summed E-state index contributed by atoms with van der Waals surface area (Å²) in [6.07, 6.45) is 3.97. The zero-order valence-electron chi connectivity index (χ0n) is 9.73. The van der Waals surface area contributed by atoms with Crippen molar-refractivity contribution in [2.75, 3.05) is 0 Å². The Hall–Kier alpha value is -1.77. The number of nitrogens with zero attached hydrogens (tertiary/aromatic N) is 1. The highest BCUT2D eigenvalue weighted by atomic mass is 16.3. The lowest BCUT2D eigenvalue weighted by Gasteiger charge is -2.07. The number of hydrogen-bond acceptors (Lipinski definition) is 2. The van der Waals surface area contributed by atoms with Crippen molar-refractivity contribution in [1.29, 1.82) is 0 Å². The standard InChI is InChI=1S/C13H15NO2/c1-8(2)14-5-4-10-6-12(15)13(16)9(3)11(10)7-14/h4-8,16H,1-3H3/p+1. The van der Waals surface area contributed by atoms with Crippen molar-refractivity contribution in [3.8, 4) is 11.5 Å². The van der Waals surface area contributed by atoms with Gasteiger partial charge < -0.3 is 10.2 Å². The molecule has 2 rings (SSSR count). The first-order chi connectivity index (χ1) is 7.50. The van der Waals surface area contributed by atoms with Crippen LogP contribution < -0.4 is 4.57 Å². The second-order valence-electron chi connectivity index (χ2n) is 4.36. The van der Waals surface area contributed by atoms with Crippen LogP contribution in [-0.4, -0.2) is 10.2 Å². The van der Waals surface area contributed by atoms with Gasteiger partial charge in [-0.05, 0) is 32.2 Å². The average Bonchev–Trinajstić information content (AvgIpc) is 2.25. The van der Waals surface area contributed by atoms with Gasteiger partial charge >= 0.3 is 0 Å². The fourth-order valence-corrected chi connectivity index (χ4v) is 1.82. The van der Waals surface area contributed by atoms with Crippen molar-refractivity contribution < 1.29 is 14.8 Å². The molecule has 0 saturated heterocycles. The van der Waals surface area contributed by atoms with Gasteiger partial charge in [0.05, 0.1) is 5.39 Å². The molecule has 0 aliphatic heterocycles. The van der Waals surface area contributed by atoms with Crippen LogP contribution in [0.1, 0.15) is 25.5 Å². The molecule has 0 aliphatic rings. The number of phenols is 2. The lowest BCUT2D eigenvalue weighted by Crippen LogP contribution is -2.34. The lowest BCUT2D eigenvalue weighted by atomic mass is 10.1. The summed E-state index contributed by atoms with van der Waals surface area (Å²) in [4.78, 5) is 0. The Labute approximate surface area is 94.6 Å². The molecule has 0 bridgehead atoms. The van der Waals surface area contributed by atoms with Gasteiger partial charge in [0.25, 0.3) is 0 Å². The molecular weight excluding hydrogens is 202 g/mol. The molecule has 3 heteroatoms. The van der Waals surface area contributed by atoms with Crippen molar-refractivity contribution in [3.63, 3.8) is 0 Å². The maximum atomic E-state index is 9.67. The van der Waals surface area contributed by atoms with E-state index in [0.29, 0.717) is 11.6 Å². The second kappa shape index (κ2) is 3.67. The Morgan fingerprint density at radius 3 is 2.56 bits per heavy atom.